The first kappa shape index (κ1) is 13.8. The predicted octanol–water partition coefficient (Wildman–Crippen LogP) is 4.30. The summed E-state index contributed by atoms with van der Waals surface area (Å²) in [6.45, 7) is 6.48. The number of rotatable bonds is 4. The lowest BCUT2D eigenvalue weighted by Gasteiger charge is -2.26. The van der Waals surface area contributed by atoms with Gasteiger partial charge in [0, 0.05) is 6.04 Å². The largest absolute Gasteiger partial charge is 0.328 e. The molecule has 0 bridgehead atoms. The third kappa shape index (κ3) is 4.32. The first-order valence-electron chi connectivity index (χ1n) is 5.50. The highest BCUT2D eigenvalue weighted by Gasteiger charge is 2.20. The Morgan fingerprint density at radius 3 is 2.38 bits per heavy atom. The normalized spacial score (nSPS) is 13.9. The lowest BCUT2D eigenvalue weighted by molar-refractivity contribution is 0.309. The molecule has 3 heteroatoms. The minimum atomic E-state index is 0.186. The van der Waals surface area contributed by atoms with Gasteiger partial charge < -0.3 is 5.73 Å². The molecule has 0 amide bonds. The van der Waals surface area contributed by atoms with Crippen molar-refractivity contribution in [3.8, 4) is 0 Å². The Hall–Kier alpha value is -0.240. The molecule has 16 heavy (non-hydrogen) atoms. The minimum Gasteiger partial charge on any atom is -0.328 e. The van der Waals surface area contributed by atoms with Gasteiger partial charge in [-0.1, -0.05) is 43.1 Å². The number of hydrogen-bond acceptors (Lipinski definition) is 1. The molecular formula is C13H19Cl2N. The zero-order valence-corrected chi connectivity index (χ0v) is 11.6. The van der Waals surface area contributed by atoms with Gasteiger partial charge in [0.2, 0.25) is 0 Å². The Kier molecular flexibility index (Phi) is 4.66. The van der Waals surface area contributed by atoms with E-state index in [1.165, 1.54) is 5.56 Å². The van der Waals surface area contributed by atoms with E-state index in [1.54, 1.807) is 0 Å². The van der Waals surface area contributed by atoms with E-state index in [0.29, 0.717) is 10.0 Å². The molecular weight excluding hydrogens is 241 g/mol. The van der Waals surface area contributed by atoms with Gasteiger partial charge >= 0.3 is 0 Å². The maximum absolute atomic E-state index is 5.99. The molecule has 0 heterocycles. The second kappa shape index (κ2) is 5.39. The lowest BCUT2D eigenvalue weighted by atomic mass is 9.80. The molecule has 0 radical (unpaired) electrons. The van der Waals surface area contributed by atoms with Crippen molar-refractivity contribution in [1.82, 2.24) is 0 Å². The maximum Gasteiger partial charge on any atom is 0.0595 e. The molecule has 1 nitrogen and oxygen atoms in total. The van der Waals surface area contributed by atoms with Crippen molar-refractivity contribution in [1.29, 1.82) is 0 Å². The van der Waals surface area contributed by atoms with Crippen molar-refractivity contribution in [2.45, 2.75) is 39.7 Å². The Morgan fingerprint density at radius 1 is 1.25 bits per heavy atom. The van der Waals surface area contributed by atoms with Crippen LogP contribution >= 0.6 is 23.2 Å². The Morgan fingerprint density at radius 2 is 1.88 bits per heavy atom. The third-order valence-corrected chi connectivity index (χ3v) is 3.28. The number of halogens is 2. The Labute approximate surface area is 108 Å². The van der Waals surface area contributed by atoms with Crippen LogP contribution in [0.1, 0.15) is 32.8 Å². The van der Waals surface area contributed by atoms with Crippen LogP contribution in [0.4, 0.5) is 0 Å². The lowest BCUT2D eigenvalue weighted by Crippen LogP contribution is -2.26. The van der Waals surface area contributed by atoms with Crippen LogP contribution in [-0.4, -0.2) is 6.04 Å². The molecule has 0 fully saturated rings. The highest BCUT2D eigenvalue weighted by molar-refractivity contribution is 6.42. The number of hydrogen-bond donors (Lipinski definition) is 1. The highest BCUT2D eigenvalue weighted by atomic mass is 35.5. The van der Waals surface area contributed by atoms with Crippen LogP contribution in [0.5, 0.6) is 0 Å². The van der Waals surface area contributed by atoms with Crippen molar-refractivity contribution in [3.05, 3.63) is 33.8 Å². The minimum absolute atomic E-state index is 0.186. The molecule has 1 unspecified atom stereocenters. The van der Waals surface area contributed by atoms with E-state index in [-0.39, 0.29) is 11.5 Å². The fraction of sp³-hybridized carbons (Fsp3) is 0.538. The third-order valence-electron chi connectivity index (χ3n) is 2.54. The van der Waals surface area contributed by atoms with Crippen molar-refractivity contribution >= 4 is 23.2 Å². The molecule has 0 saturated heterocycles. The number of nitrogens with two attached hydrogens (primary N) is 1. The molecule has 0 aliphatic heterocycles. The SMILES string of the molecule is CC(N)CC(C)(C)Cc1ccc(Cl)c(Cl)c1. The van der Waals surface area contributed by atoms with E-state index < -0.39 is 0 Å². The Bertz CT molecular complexity index is 359. The molecule has 0 aliphatic carbocycles. The predicted molar refractivity (Wildman–Crippen MR) is 72.2 cm³/mol. The van der Waals surface area contributed by atoms with Crippen LogP contribution < -0.4 is 5.73 Å². The van der Waals surface area contributed by atoms with Gasteiger partial charge in [-0.05, 0) is 42.9 Å². The van der Waals surface area contributed by atoms with Gasteiger partial charge in [-0.25, -0.2) is 0 Å². The first-order chi connectivity index (χ1) is 7.30. The van der Waals surface area contributed by atoms with E-state index in [0.717, 1.165) is 12.8 Å². The average Bonchev–Trinajstić information content (AvgIpc) is 2.08. The summed E-state index contributed by atoms with van der Waals surface area (Å²) >= 11 is 11.9. The quantitative estimate of drug-likeness (QED) is 0.858. The molecule has 0 aromatic heterocycles. The number of benzene rings is 1. The van der Waals surface area contributed by atoms with Gasteiger partial charge in [0.15, 0.2) is 0 Å². The van der Waals surface area contributed by atoms with Gasteiger partial charge in [-0.3, -0.25) is 0 Å². The van der Waals surface area contributed by atoms with E-state index in [1.807, 2.05) is 25.1 Å². The molecule has 90 valence electrons. The topological polar surface area (TPSA) is 26.0 Å². The molecule has 0 spiro atoms. The van der Waals surface area contributed by atoms with Crippen molar-refractivity contribution in [2.75, 3.05) is 0 Å². The molecule has 1 aromatic carbocycles. The summed E-state index contributed by atoms with van der Waals surface area (Å²) in [6, 6.07) is 6.03. The van der Waals surface area contributed by atoms with E-state index in [4.69, 9.17) is 28.9 Å². The highest BCUT2D eigenvalue weighted by Crippen LogP contribution is 2.30. The van der Waals surface area contributed by atoms with E-state index >= 15 is 0 Å². The first-order valence-corrected chi connectivity index (χ1v) is 6.25. The molecule has 0 aliphatic rings. The van der Waals surface area contributed by atoms with Crippen LogP contribution in [0.15, 0.2) is 18.2 Å². The summed E-state index contributed by atoms with van der Waals surface area (Å²) in [5.41, 5.74) is 7.23. The average molecular weight is 260 g/mol. The zero-order chi connectivity index (χ0) is 12.3. The molecule has 1 atom stereocenters. The van der Waals surface area contributed by atoms with Crippen LogP contribution in [0.3, 0.4) is 0 Å². The fourth-order valence-electron chi connectivity index (χ4n) is 2.15. The van der Waals surface area contributed by atoms with Crippen molar-refractivity contribution in [3.63, 3.8) is 0 Å². The monoisotopic (exact) mass is 259 g/mol. The molecule has 1 rings (SSSR count). The summed E-state index contributed by atoms with van der Waals surface area (Å²) in [5.74, 6) is 0. The smallest absolute Gasteiger partial charge is 0.0595 e. The van der Waals surface area contributed by atoms with E-state index in [9.17, 15) is 0 Å². The van der Waals surface area contributed by atoms with Gasteiger partial charge in [0.25, 0.3) is 0 Å². The van der Waals surface area contributed by atoms with Gasteiger partial charge in [-0.2, -0.15) is 0 Å². The van der Waals surface area contributed by atoms with Crippen molar-refractivity contribution in [2.24, 2.45) is 11.1 Å². The molecule has 0 saturated carbocycles. The molecule has 2 N–H and O–H groups in total. The van der Waals surface area contributed by atoms with Gasteiger partial charge in [0.05, 0.1) is 10.0 Å². The summed E-state index contributed by atoms with van der Waals surface area (Å²) in [5, 5.41) is 1.23. The van der Waals surface area contributed by atoms with Crippen LogP contribution in [0, 0.1) is 5.41 Å². The summed E-state index contributed by atoms with van der Waals surface area (Å²) < 4.78 is 0. The van der Waals surface area contributed by atoms with Crippen LogP contribution in [-0.2, 0) is 6.42 Å². The molecule has 1 aromatic rings. The summed E-state index contributed by atoms with van der Waals surface area (Å²) in [7, 11) is 0. The van der Waals surface area contributed by atoms with Crippen LogP contribution in [0.25, 0.3) is 0 Å². The van der Waals surface area contributed by atoms with Gasteiger partial charge in [-0.15, -0.1) is 0 Å². The summed E-state index contributed by atoms with van der Waals surface area (Å²) in [4.78, 5) is 0. The van der Waals surface area contributed by atoms with E-state index in [2.05, 4.69) is 13.8 Å². The zero-order valence-electron chi connectivity index (χ0n) is 10.1. The van der Waals surface area contributed by atoms with Gasteiger partial charge in [0.1, 0.15) is 0 Å². The second-order valence-electron chi connectivity index (χ2n) is 5.27. The standard InChI is InChI=1S/C13H19Cl2N/c1-9(16)7-13(2,3)8-10-4-5-11(14)12(15)6-10/h4-6,9H,7-8,16H2,1-3H3. The maximum atomic E-state index is 5.99. The van der Waals surface area contributed by atoms with Crippen LogP contribution in [0.2, 0.25) is 10.0 Å². The summed E-state index contributed by atoms with van der Waals surface area (Å²) in [6.07, 6.45) is 1.96. The second-order valence-corrected chi connectivity index (χ2v) is 6.09. The van der Waals surface area contributed by atoms with Crippen molar-refractivity contribution < 1.29 is 0 Å². The fourth-order valence-corrected chi connectivity index (χ4v) is 2.47. The Balaban J connectivity index is 2.76.